The molecule has 0 fully saturated rings. The zero-order chi connectivity index (χ0) is 13.1. The molecule has 0 saturated carbocycles. The predicted octanol–water partition coefficient (Wildman–Crippen LogP) is 0.291. The number of anilines is 1. The fraction of sp³-hybridized carbons (Fsp3) is 0.273. The summed E-state index contributed by atoms with van der Waals surface area (Å²) in [5.41, 5.74) is 1.55. The number of carbonyl (C=O) groups is 1. The van der Waals surface area contributed by atoms with E-state index in [4.69, 9.17) is 0 Å². The van der Waals surface area contributed by atoms with Gasteiger partial charge in [-0.25, -0.2) is 4.79 Å². The van der Waals surface area contributed by atoms with Crippen molar-refractivity contribution in [1.82, 2.24) is 20.2 Å². The highest BCUT2D eigenvalue weighted by Gasteiger charge is 2.11. The van der Waals surface area contributed by atoms with Crippen molar-refractivity contribution in [2.45, 2.75) is 20.3 Å². The molecule has 0 aliphatic rings. The van der Waals surface area contributed by atoms with E-state index in [-0.39, 0.29) is 12.3 Å². The summed E-state index contributed by atoms with van der Waals surface area (Å²) in [5, 5.41) is 9.03. The van der Waals surface area contributed by atoms with Crippen molar-refractivity contribution in [3.8, 4) is 0 Å². The molecule has 3 N–H and O–H groups in total. The molecule has 94 valence electrons. The number of aromatic amines is 2. The van der Waals surface area contributed by atoms with E-state index in [0.29, 0.717) is 17.2 Å². The third kappa shape index (κ3) is 2.62. The molecule has 0 aliphatic heterocycles. The van der Waals surface area contributed by atoms with Gasteiger partial charge in [-0.1, -0.05) is 0 Å². The molecular formula is C11H13N5O2. The van der Waals surface area contributed by atoms with Crippen molar-refractivity contribution in [3.05, 3.63) is 39.7 Å². The number of hydrogen-bond donors (Lipinski definition) is 3. The van der Waals surface area contributed by atoms with Crippen molar-refractivity contribution >= 4 is 11.7 Å². The summed E-state index contributed by atoms with van der Waals surface area (Å²) in [7, 11) is 0. The first-order valence-electron chi connectivity index (χ1n) is 5.42. The Balaban J connectivity index is 2.14. The van der Waals surface area contributed by atoms with Crippen LogP contribution in [-0.4, -0.2) is 26.1 Å². The lowest BCUT2D eigenvalue weighted by atomic mass is 10.1. The molecule has 0 atom stereocenters. The second-order valence-corrected chi connectivity index (χ2v) is 3.93. The van der Waals surface area contributed by atoms with Gasteiger partial charge < -0.3 is 10.3 Å². The molecule has 0 aromatic carbocycles. The summed E-state index contributed by atoms with van der Waals surface area (Å²) >= 11 is 0. The number of rotatable bonds is 3. The van der Waals surface area contributed by atoms with Crippen LogP contribution in [0.5, 0.6) is 0 Å². The minimum Gasteiger partial charge on any atom is -0.311 e. The van der Waals surface area contributed by atoms with Crippen LogP contribution in [0.2, 0.25) is 0 Å². The van der Waals surface area contributed by atoms with Crippen LogP contribution in [0.25, 0.3) is 0 Å². The molecule has 0 saturated heterocycles. The van der Waals surface area contributed by atoms with E-state index < -0.39 is 5.69 Å². The standard InChI is InChI=1S/C11H13N5O2/c1-6-8(7(2)14-11(18)13-6)5-10(17)15-9-3-4-12-16-9/h3-4H,5H2,1-2H3,(H,13,14,18)(H2,12,15,16,17). The number of nitrogens with zero attached hydrogens (tertiary/aromatic N) is 2. The number of carbonyl (C=O) groups excluding carboxylic acids is 1. The van der Waals surface area contributed by atoms with Crippen LogP contribution < -0.4 is 11.0 Å². The average Bonchev–Trinajstić information content (AvgIpc) is 2.76. The van der Waals surface area contributed by atoms with Gasteiger partial charge in [0.25, 0.3) is 0 Å². The molecular weight excluding hydrogens is 234 g/mol. The molecule has 2 rings (SSSR count). The molecule has 2 heterocycles. The largest absolute Gasteiger partial charge is 0.345 e. The Morgan fingerprint density at radius 1 is 1.44 bits per heavy atom. The van der Waals surface area contributed by atoms with E-state index >= 15 is 0 Å². The quantitative estimate of drug-likeness (QED) is 0.725. The second kappa shape index (κ2) is 4.82. The molecule has 0 spiro atoms. The molecule has 7 nitrogen and oxygen atoms in total. The summed E-state index contributed by atoms with van der Waals surface area (Å²) in [6, 6.07) is 1.66. The smallest absolute Gasteiger partial charge is 0.311 e. The van der Waals surface area contributed by atoms with Gasteiger partial charge in [0, 0.05) is 23.0 Å². The van der Waals surface area contributed by atoms with Crippen molar-refractivity contribution in [3.63, 3.8) is 0 Å². The number of nitrogens with one attached hydrogen (secondary N) is 3. The summed E-state index contributed by atoms with van der Waals surface area (Å²) in [4.78, 5) is 29.3. The van der Waals surface area contributed by atoms with Crippen molar-refractivity contribution < 1.29 is 4.79 Å². The zero-order valence-corrected chi connectivity index (χ0v) is 10.1. The number of H-pyrrole nitrogens is 2. The van der Waals surface area contributed by atoms with E-state index in [0.717, 1.165) is 5.56 Å². The highest BCUT2D eigenvalue weighted by atomic mass is 16.2. The number of hydrogen-bond acceptors (Lipinski definition) is 4. The van der Waals surface area contributed by atoms with Gasteiger partial charge in [0.15, 0.2) is 0 Å². The van der Waals surface area contributed by atoms with Crippen LogP contribution in [0.15, 0.2) is 17.1 Å². The number of aromatic nitrogens is 4. The molecule has 0 radical (unpaired) electrons. The van der Waals surface area contributed by atoms with E-state index in [1.807, 2.05) is 0 Å². The van der Waals surface area contributed by atoms with E-state index in [9.17, 15) is 9.59 Å². The van der Waals surface area contributed by atoms with E-state index in [1.54, 1.807) is 26.1 Å². The first-order chi connectivity index (χ1) is 8.56. The Morgan fingerprint density at radius 3 is 2.83 bits per heavy atom. The number of aryl methyl sites for hydroxylation is 2. The van der Waals surface area contributed by atoms with Gasteiger partial charge >= 0.3 is 5.69 Å². The molecule has 0 bridgehead atoms. The Morgan fingerprint density at radius 2 is 2.22 bits per heavy atom. The maximum atomic E-state index is 11.8. The lowest BCUT2D eigenvalue weighted by molar-refractivity contribution is -0.115. The molecule has 18 heavy (non-hydrogen) atoms. The lowest BCUT2D eigenvalue weighted by Gasteiger charge is -2.07. The average molecular weight is 247 g/mol. The van der Waals surface area contributed by atoms with Gasteiger partial charge in [-0.15, -0.1) is 0 Å². The molecule has 1 amide bonds. The minimum absolute atomic E-state index is 0.153. The van der Waals surface area contributed by atoms with Crippen LogP contribution in [0.4, 0.5) is 5.82 Å². The van der Waals surface area contributed by atoms with Crippen molar-refractivity contribution in [1.29, 1.82) is 0 Å². The summed E-state index contributed by atoms with van der Waals surface area (Å²) < 4.78 is 0. The topological polar surface area (TPSA) is 104 Å². The van der Waals surface area contributed by atoms with Crippen LogP contribution in [0.3, 0.4) is 0 Å². The zero-order valence-electron chi connectivity index (χ0n) is 10.1. The predicted molar refractivity (Wildman–Crippen MR) is 65.3 cm³/mol. The maximum Gasteiger partial charge on any atom is 0.345 e. The van der Waals surface area contributed by atoms with Gasteiger partial charge in [0.05, 0.1) is 12.6 Å². The summed E-state index contributed by atoms with van der Waals surface area (Å²) in [6.07, 6.45) is 1.70. The third-order valence-electron chi connectivity index (χ3n) is 2.57. The number of amides is 1. The molecule has 0 aliphatic carbocycles. The molecule has 2 aromatic heterocycles. The monoisotopic (exact) mass is 247 g/mol. The Bertz CT molecular complexity index is 589. The van der Waals surface area contributed by atoms with E-state index in [2.05, 4.69) is 25.5 Å². The van der Waals surface area contributed by atoms with Gasteiger partial charge in [0.2, 0.25) is 5.91 Å². The Kier molecular flexibility index (Phi) is 3.22. The molecule has 0 unspecified atom stereocenters. The Hall–Kier alpha value is -2.44. The van der Waals surface area contributed by atoms with E-state index in [1.165, 1.54) is 0 Å². The van der Waals surface area contributed by atoms with Gasteiger partial charge in [-0.05, 0) is 13.8 Å². The van der Waals surface area contributed by atoms with Crippen molar-refractivity contribution in [2.24, 2.45) is 0 Å². The fourth-order valence-electron chi connectivity index (χ4n) is 1.70. The lowest BCUT2D eigenvalue weighted by Crippen LogP contribution is -2.21. The first-order valence-corrected chi connectivity index (χ1v) is 5.42. The van der Waals surface area contributed by atoms with Crippen molar-refractivity contribution in [2.75, 3.05) is 5.32 Å². The van der Waals surface area contributed by atoms with Crippen LogP contribution in [0.1, 0.15) is 17.0 Å². The van der Waals surface area contributed by atoms with Crippen LogP contribution >= 0.6 is 0 Å². The SMILES string of the molecule is Cc1nc(=O)[nH]c(C)c1CC(=O)Nc1ccn[nH]1. The highest BCUT2D eigenvalue weighted by Crippen LogP contribution is 2.09. The maximum absolute atomic E-state index is 11.8. The van der Waals surface area contributed by atoms with Gasteiger partial charge in [-0.3, -0.25) is 9.89 Å². The molecule has 7 heteroatoms. The fourth-order valence-corrected chi connectivity index (χ4v) is 1.70. The van der Waals surface area contributed by atoms with Gasteiger partial charge in [0.1, 0.15) is 5.82 Å². The third-order valence-corrected chi connectivity index (χ3v) is 2.57. The molecule has 2 aromatic rings. The van der Waals surface area contributed by atoms with Crippen LogP contribution in [-0.2, 0) is 11.2 Å². The van der Waals surface area contributed by atoms with Gasteiger partial charge in [-0.2, -0.15) is 10.1 Å². The summed E-state index contributed by atoms with van der Waals surface area (Å²) in [5.74, 6) is 0.340. The normalized spacial score (nSPS) is 10.3. The second-order valence-electron chi connectivity index (χ2n) is 3.93. The van der Waals surface area contributed by atoms with Crippen LogP contribution in [0, 0.1) is 13.8 Å². The highest BCUT2D eigenvalue weighted by molar-refractivity contribution is 5.91. The first kappa shape index (κ1) is 12.0. The summed E-state index contributed by atoms with van der Waals surface area (Å²) in [6.45, 7) is 3.45. The Labute approximate surface area is 103 Å². The minimum atomic E-state index is -0.400.